The van der Waals surface area contributed by atoms with Crippen LogP contribution < -0.4 is 0 Å². The Kier molecular flexibility index (Phi) is 3.61. The molecular weight excluding hydrogens is 190 g/mol. The van der Waals surface area contributed by atoms with Gasteiger partial charge in [-0.2, -0.15) is 0 Å². The molecule has 3 heteroatoms. The van der Waals surface area contributed by atoms with Crippen LogP contribution >= 0.6 is 0 Å². The summed E-state index contributed by atoms with van der Waals surface area (Å²) in [5.74, 6) is 0. The van der Waals surface area contributed by atoms with E-state index >= 15 is 0 Å². The van der Waals surface area contributed by atoms with Gasteiger partial charge in [0.2, 0.25) is 5.54 Å². The lowest BCUT2D eigenvalue weighted by Gasteiger charge is -2.12. The quantitative estimate of drug-likeness (QED) is 0.559. The van der Waals surface area contributed by atoms with Crippen molar-refractivity contribution in [3.05, 3.63) is 52.1 Å². The number of hydrogen-bond donors (Lipinski definition) is 0. The lowest BCUT2D eigenvalue weighted by molar-refractivity contribution is -0.559. The Labute approximate surface area is 89.6 Å². The van der Waals surface area contributed by atoms with Crippen LogP contribution in [0.4, 0.5) is 0 Å². The first-order valence-corrected chi connectivity index (χ1v) is 4.88. The molecule has 0 aliphatic rings. The normalized spacial score (nSPS) is 11.9. The van der Waals surface area contributed by atoms with E-state index in [1.54, 1.807) is 13.8 Å². The lowest BCUT2D eigenvalue weighted by atomic mass is 10.0. The van der Waals surface area contributed by atoms with Gasteiger partial charge in [0.1, 0.15) is 0 Å². The van der Waals surface area contributed by atoms with Crippen LogP contribution in [0.5, 0.6) is 0 Å². The topological polar surface area (TPSA) is 43.1 Å². The zero-order valence-corrected chi connectivity index (χ0v) is 9.01. The van der Waals surface area contributed by atoms with E-state index < -0.39 is 5.54 Å². The van der Waals surface area contributed by atoms with Crippen LogP contribution in [0.3, 0.4) is 0 Å². The largest absolute Gasteiger partial charge is 0.264 e. The van der Waals surface area contributed by atoms with E-state index in [2.05, 4.69) is 0 Å². The molecule has 0 heterocycles. The highest BCUT2D eigenvalue weighted by Gasteiger charge is 2.28. The molecule has 1 aromatic carbocycles. The predicted octanol–water partition coefficient (Wildman–Crippen LogP) is 3.15. The average molecular weight is 205 g/mol. The Hall–Kier alpha value is -1.64. The molecule has 0 aromatic heterocycles. The van der Waals surface area contributed by atoms with Gasteiger partial charge in [-0.15, -0.1) is 0 Å². The fourth-order valence-corrected chi connectivity index (χ4v) is 1.12. The number of nitro groups is 1. The highest BCUT2D eigenvalue weighted by Crippen LogP contribution is 2.14. The number of nitrogens with zero attached hydrogens (tertiary/aromatic N) is 1. The first-order valence-electron chi connectivity index (χ1n) is 4.88. The molecule has 0 N–H and O–H groups in total. The van der Waals surface area contributed by atoms with E-state index in [-0.39, 0.29) is 4.92 Å². The van der Waals surface area contributed by atoms with Crippen LogP contribution in [0, 0.1) is 10.1 Å². The molecule has 0 amide bonds. The molecular formula is C12H15NO2. The maximum Gasteiger partial charge on any atom is 0.220 e. The first kappa shape index (κ1) is 11.4. The van der Waals surface area contributed by atoms with Crippen molar-refractivity contribution >= 4 is 6.08 Å². The van der Waals surface area contributed by atoms with Crippen LogP contribution in [-0.2, 0) is 0 Å². The molecule has 0 saturated carbocycles. The van der Waals surface area contributed by atoms with Gasteiger partial charge in [-0.25, -0.2) is 0 Å². The molecule has 3 nitrogen and oxygen atoms in total. The first-order chi connectivity index (χ1) is 7.02. The molecule has 0 atom stereocenters. The van der Waals surface area contributed by atoms with Crippen molar-refractivity contribution in [2.75, 3.05) is 0 Å². The van der Waals surface area contributed by atoms with Gasteiger partial charge in [-0.05, 0) is 5.56 Å². The highest BCUT2D eigenvalue weighted by atomic mass is 16.6. The van der Waals surface area contributed by atoms with E-state index in [1.807, 2.05) is 42.5 Å². The van der Waals surface area contributed by atoms with Crippen LogP contribution in [0.2, 0.25) is 0 Å². The van der Waals surface area contributed by atoms with Crippen LogP contribution in [-0.4, -0.2) is 10.5 Å². The van der Waals surface area contributed by atoms with Gasteiger partial charge in [0.15, 0.2) is 0 Å². The summed E-state index contributed by atoms with van der Waals surface area (Å²) in [6, 6.07) is 9.76. The fraction of sp³-hybridized carbons (Fsp3) is 0.333. The second-order valence-electron chi connectivity index (χ2n) is 4.09. The van der Waals surface area contributed by atoms with Gasteiger partial charge in [-0.3, -0.25) is 10.1 Å². The molecule has 0 unspecified atom stereocenters. The zero-order chi connectivity index (χ0) is 11.3. The number of hydrogen-bond acceptors (Lipinski definition) is 2. The van der Waals surface area contributed by atoms with E-state index in [9.17, 15) is 10.1 Å². The minimum absolute atomic E-state index is 0.248. The Morgan fingerprint density at radius 2 is 1.93 bits per heavy atom. The lowest BCUT2D eigenvalue weighted by Crippen LogP contribution is -2.29. The van der Waals surface area contributed by atoms with Crippen molar-refractivity contribution in [2.45, 2.75) is 25.8 Å². The minimum atomic E-state index is -0.884. The van der Waals surface area contributed by atoms with Gasteiger partial charge in [0, 0.05) is 25.2 Å². The second kappa shape index (κ2) is 4.73. The maximum absolute atomic E-state index is 10.6. The van der Waals surface area contributed by atoms with Gasteiger partial charge in [0.05, 0.1) is 0 Å². The third-order valence-electron chi connectivity index (χ3n) is 2.22. The minimum Gasteiger partial charge on any atom is -0.264 e. The molecule has 0 saturated heterocycles. The highest BCUT2D eigenvalue weighted by molar-refractivity contribution is 5.48. The number of rotatable bonds is 4. The summed E-state index contributed by atoms with van der Waals surface area (Å²) >= 11 is 0. The van der Waals surface area contributed by atoms with Gasteiger partial charge in [-0.1, -0.05) is 42.5 Å². The molecule has 0 bridgehead atoms. The molecule has 0 aliphatic heterocycles. The van der Waals surface area contributed by atoms with E-state index in [1.165, 1.54) is 0 Å². The standard InChI is InChI=1S/C12H15NO2/c1-12(2,13(14)15)10-6-9-11-7-4-3-5-8-11/h3-9H,10H2,1-2H3. The van der Waals surface area contributed by atoms with Crippen molar-refractivity contribution in [1.82, 2.24) is 0 Å². The summed E-state index contributed by atoms with van der Waals surface area (Å²) < 4.78 is 0. The summed E-state index contributed by atoms with van der Waals surface area (Å²) in [6.07, 6.45) is 4.19. The third-order valence-corrected chi connectivity index (χ3v) is 2.22. The third kappa shape index (κ3) is 3.54. The van der Waals surface area contributed by atoms with Gasteiger partial charge < -0.3 is 0 Å². The Morgan fingerprint density at radius 3 is 2.47 bits per heavy atom. The molecule has 1 aromatic rings. The molecule has 0 aliphatic carbocycles. The monoisotopic (exact) mass is 205 g/mol. The predicted molar refractivity (Wildman–Crippen MR) is 61.2 cm³/mol. The Bertz CT molecular complexity index is 355. The van der Waals surface area contributed by atoms with Crippen molar-refractivity contribution in [2.24, 2.45) is 0 Å². The molecule has 80 valence electrons. The maximum atomic E-state index is 10.6. The van der Waals surface area contributed by atoms with Crippen molar-refractivity contribution in [3.63, 3.8) is 0 Å². The van der Waals surface area contributed by atoms with Crippen LogP contribution in [0.15, 0.2) is 36.4 Å². The van der Waals surface area contributed by atoms with Crippen molar-refractivity contribution in [1.29, 1.82) is 0 Å². The van der Waals surface area contributed by atoms with Crippen LogP contribution in [0.1, 0.15) is 25.8 Å². The average Bonchev–Trinajstić information content (AvgIpc) is 2.19. The summed E-state index contributed by atoms with van der Waals surface area (Å²) in [7, 11) is 0. The van der Waals surface area contributed by atoms with Gasteiger partial charge >= 0.3 is 0 Å². The Balaban J connectivity index is 2.58. The molecule has 0 fully saturated rings. The van der Waals surface area contributed by atoms with Crippen LogP contribution in [0.25, 0.3) is 6.08 Å². The zero-order valence-electron chi connectivity index (χ0n) is 9.01. The van der Waals surface area contributed by atoms with E-state index in [4.69, 9.17) is 0 Å². The molecule has 1 rings (SSSR count). The van der Waals surface area contributed by atoms with Crippen molar-refractivity contribution < 1.29 is 4.92 Å². The van der Waals surface area contributed by atoms with Crippen molar-refractivity contribution in [3.8, 4) is 0 Å². The second-order valence-corrected chi connectivity index (χ2v) is 4.09. The van der Waals surface area contributed by atoms with E-state index in [0.29, 0.717) is 6.42 Å². The fourth-order valence-electron chi connectivity index (χ4n) is 1.12. The molecule has 15 heavy (non-hydrogen) atoms. The summed E-state index contributed by atoms with van der Waals surface area (Å²) in [5.41, 5.74) is 0.183. The summed E-state index contributed by atoms with van der Waals surface area (Å²) in [6.45, 7) is 3.25. The SMILES string of the molecule is CC(C)(CC=Cc1ccccc1)[N+](=O)[O-]. The smallest absolute Gasteiger partial charge is 0.220 e. The molecule has 0 radical (unpaired) electrons. The number of benzene rings is 1. The Morgan fingerprint density at radius 1 is 1.33 bits per heavy atom. The summed E-state index contributed by atoms with van der Waals surface area (Å²) in [4.78, 5) is 10.4. The molecule has 0 spiro atoms. The van der Waals surface area contributed by atoms with E-state index in [0.717, 1.165) is 5.56 Å². The summed E-state index contributed by atoms with van der Waals surface area (Å²) in [5, 5.41) is 10.6. The van der Waals surface area contributed by atoms with Gasteiger partial charge in [0.25, 0.3) is 0 Å².